The molecule has 2 aromatic rings. The number of nitrogens with zero attached hydrogens (tertiary/aromatic N) is 3. The second kappa shape index (κ2) is 9.23. The van der Waals surface area contributed by atoms with Gasteiger partial charge in [-0.1, -0.05) is 6.07 Å². The molecule has 0 unspecified atom stereocenters. The van der Waals surface area contributed by atoms with Gasteiger partial charge in [-0.25, -0.2) is 13.1 Å². The molecule has 1 saturated heterocycles. The molecule has 0 bridgehead atoms. The number of aromatic nitrogens is 1. The summed E-state index contributed by atoms with van der Waals surface area (Å²) in [6.07, 6.45) is 4.86. The van der Waals surface area contributed by atoms with E-state index in [9.17, 15) is 18.5 Å². The zero-order valence-corrected chi connectivity index (χ0v) is 21.5. The molecule has 1 amide bonds. The van der Waals surface area contributed by atoms with Gasteiger partial charge in [-0.2, -0.15) is 5.26 Å². The smallest absolute Gasteiger partial charge is 0.240 e. The molecule has 2 aliphatic carbocycles. The second-order valence-corrected chi connectivity index (χ2v) is 12.3. The Morgan fingerprint density at radius 1 is 1.09 bits per heavy atom. The Morgan fingerprint density at radius 2 is 1.74 bits per heavy atom. The molecule has 35 heavy (non-hydrogen) atoms. The molecule has 1 aliphatic heterocycles. The molecule has 3 fully saturated rings. The number of nitriles is 1. The lowest BCUT2D eigenvalue weighted by Gasteiger charge is -2.38. The van der Waals surface area contributed by atoms with Gasteiger partial charge in [-0.3, -0.25) is 4.79 Å². The van der Waals surface area contributed by atoms with E-state index in [1.807, 2.05) is 30.4 Å². The molecule has 9 heteroatoms. The highest BCUT2D eigenvalue weighted by molar-refractivity contribution is 7.89. The highest BCUT2D eigenvalue weighted by atomic mass is 32.2. The number of carbonyl (C=O) groups is 1. The summed E-state index contributed by atoms with van der Waals surface area (Å²) in [5, 5.41) is 10.5. The van der Waals surface area contributed by atoms with Crippen LogP contribution in [0, 0.1) is 17.2 Å². The van der Waals surface area contributed by atoms with E-state index < -0.39 is 10.0 Å². The van der Waals surface area contributed by atoms with Gasteiger partial charge in [0, 0.05) is 49.1 Å². The van der Waals surface area contributed by atoms with Gasteiger partial charge in [0.25, 0.3) is 0 Å². The Bertz CT molecular complexity index is 1270. The molecule has 2 saturated carbocycles. The molecule has 188 valence electrons. The first kappa shape index (κ1) is 24.3. The van der Waals surface area contributed by atoms with Crippen molar-refractivity contribution in [1.29, 1.82) is 5.26 Å². The second-order valence-electron chi connectivity index (χ2n) is 10.6. The van der Waals surface area contributed by atoms with Crippen LogP contribution in [0.15, 0.2) is 23.1 Å². The minimum absolute atomic E-state index is 0.0389. The summed E-state index contributed by atoms with van der Waals surface area (Å²) < 4.78 is 37.0. The summed E-state index contributed by atoms with van der Waals surface area (Å²) in [5.74, 6) is 0.502. The minimum Gasteiger partial charge on any atom is -0.372 e. The summed E-state index contributed by atoms with van der Waals surface area (Å²) in [5.41, 5.74) is 2.45. The highest BCUT2D eigenvalue weighted by Gasteiger charge is 2.35. The van der Waals surface area contributed by atoms with E-state index in [1.165, 1.54) is 0 Å². The van der Waals surface area contributed by atoms with Crippen molar-refractivity contribution >= 4 is 26.8 Å². The van der Waals surface area contributed by atoms with Crippen molar-refractivity contribution in [2.75, 3.05) is 13.1 Å². The number of sulfonamides is 1. The Kier molecular flexibility index (Phi) is 6.41. The molecule has 0 spiro atoms. The van der Waals surface area contributed by atoms with Crippen LogP contribution < -0.4 is 4.72 Å². The number of morpholine rings is 1. The van der Waals surface area contributed by atoms with Crippen molar-refractivity contribution in [3.63, 3.8) is 0 Å². The molecule has 1 aromatic heterocycles. The number of carbonyl (C=O) groups excluding carboxylic acids is 1. The van der Waals surface area contributed by atoms with E-state index in [4.69, 9.17) is 4.74 Å². The summed E-state index contributed by atoms with van der Waals surface area (Å²) in [6.45, 7) is 5.21. The first-order chi connectivity index (χ1) is 16.7. The van der Waals surface area contributed by atoms with Gasteiger partial charge in [0.1, 0.15) is 6.07 Å². The van der Waals surface area contributed by atoms with Crippen molar-refractivity contribution in [1.82, 2.24) is 14.2 Å². The number of nitrogens with one attached hydrogen (secondary N) is 1. The van der Waals surface area contributed by atoms with E-state index >= 15 is 0 Å². The number of fused-ring (bicyclic) bond motifs is 1. The maximum atomic E-state index is 13.2. The normalized spacial score (nSPS) is 27.7. The largest absolute Gasteiger partial charge is 0.372 e. The standard InChI is InChI=1S/C26H34N4O4S/c1-16-14-30(15-17(2)34-16)26(31)19-6-8-20(9-7-19)28-35(32,33)21-10-11-22-23(13-27)25(18-4-5-18)29(3)24(22)12-21/h10-12,16-20,28H,4-9,14-15H2,1-3H3/t16-,17+,19?,20?. The molecular formula is C26H34N4O4S. The number of ether oxygens (including phenoxy) is 1. The first-order valence-corrected chi connectivity index (χ1v) is 14.1. The van der Waals surface area contributed by atoms with Crippen molar-refractivity contribution < 1.29 is 17.9 Å². The van der Waals surface area contributed by atoms with Crippen LogP contribution in [-0.2, 0) is 26.6 Å². The zero-order chi connectivity index (χ0) is 24.9. The van der Waals surface area contributed by atoms with Gasteiger partial charge in [0.05, 0.1) is 28.2 Å². The van der Waals surface area contributed by atoms with Gasteiger partial charge in [-0.15, -0.1) is 0 Å². The Balaban J connectivity index is 1.26. The topological polar surface area (TPSA) is 104 Å². The van der Waals surface area contributed by atoms with Gasteiger partial charge in [-0.05, 0) is 64.5 Å². The van der Waals surface area contributed by atoms with Gasteiger partial charge < -0.3 is 14.2 Å². The number of rotatable bonds is 5. The summed E-state index contributed by atoms with van der Waals surface area (Å²) in [7, 11) is -1.80. The summed E-state index contributed by atoms with van der Waals surface area (Å²) in [4.78, 5) is 15.2. The van der Waals surface area contributed by atoms with E-state index in [0.29, 0.717) is 50.3 Å². The molecule has 1 N–H and O–H groups in total. The van der Waals surface area contributed by atoms with E-state index in [-0.39, 0.29) is 35.0 Å². The Labute approximate surface area is 207 Å². The minimum atomic E-state index is -3.71. The van der Waals surface area contributed by atoms with Crippen LogP contribution in [0.2, 0.25) is 0 Å². The maximum Gasteiger partial charge on any atom is 0.240 e. The van der Waals surface area contributed by atoms with E-state index in [0.717, 1.165) is 29.4 Å². The predicted octanol–water partition coefficient (Wildman–Crippen LogP) is 3.40. The van der Waals surface area contributed by atoms with Crippen LogP contribution in [0.3, 0.4) is 0 Å². The molecule has 2 heterocycles. The van der Waals surface area contributed by atoms with Crippen LogP contribution in [0.1, 0.15) is 69.5 Å². The lowest BCUT2D eigenvalue weighted by Crippen LogP contribution is -2.51. The fraction of sp³-hybridized carbons (Fsp3) is 0.615. The van der Waals surface area contributed by atoms with Crippen molar-refractivity contribution in [3.8, 4) is 6.07 Å². The van der Waals surface area contributed by atoms with Crippen molar-refractivity contribution in [3.05, 3.63) is 29.5 Å². The fourth-order valence-corrected chi connectivity index (χ4v) is 7.24. The number of amides is 1. The van der Waals surface area contributed by atoms with Gasteiger partial charge in [0.2, 0.25) is 15.9 Å². The summed E-state index contributed by atoms with van der Waals surface area (Å²) >= 11 is 0. The maximum absolute atomic E-state index is 13.2. The molecule has 5 rings (SSSR count). The van der Waals surface area contributed by atoms with Crippen LogP contribution in [0.5, 0.6) is 0 Å². The van der Waals surface area contributed by atoms with E-state index in [1.54, 1.807) is 18.2 Å². The average Bonchev–Trinajstić information content (AvgIpc) is 3.62. The fourth-order valence-electron chi connectivity index (χ4n) is 5.92. The third-order valence-electron chi connectivity index (χ3n) is 7.73. The van der Waals surface area contributed by atoms with Crippen LogP contribution in [-0.4, -0.2) is 55.1 Å². The third kappa shape index (κ3) is 4.72. The molecule has 3 aliphatic rings. The summed E-state index contributed by atoms with van der Waals surface area (Å²) in [6, 6.07) is 7.17. The van der Waals surface area contributed by atoms with Crippen molar-refractivity contribution in [2.24, 2.45) is 13.0 Å². The Hall–Kier alpha value is -2.41. The Morgan fingerprint density at radius 3 is 2.34 bits per heavy atom. The molecular weight excluding hydrogens is 464 g/mol. The van der Waals surface area contributed by atoms with Gasteiger partial charge >= 0.3 is 0 Å². The van der Waals surface area contributed by atoms with Crippen LogP contribution in [0.4, 0.5) is 0 Å². The highest BCUT2D eigenvalue weighted by Crippen LogP contribution is 2.44. The third-order valence-corrected chi connectivity index (χ3v) is 9.25. The van der Waals surface area contributed by atoms with Crippen molar-refractivity contribution in [2.45, 2.75) is 81.4 Å². The molecule has 1 aromatic carbocycles. The zero-order valence-electron chi connectivity index (χ0n) is 20.7. The monoisotopic (exact) mass is 498 g/mol. The quantitative estimate of drug-likeness (QED) is 0.680. The lowest BCUT2D eigenvalue weighted by molar-refractivity contribution is -0.148. The molecule has 0 radical (unpaired) electrons. The first-order valence-electron chi connectivity index (χ1n) is 12.7. The SMILES string of the molecule is C[C@@H]1CN(C(=O)C2CCC(NS(=O)(=O)c3ccc4c(C#N)c(C5CC5)n(C)c4c3)CC2)C[C@H](C)O1. The average molecular weight is 499 g/mol. The number of hydrogen-bond acceptors (Lipinski definition) is 5. The van der Waals surface area contributed by atoms with Crippen LogP contribution in [0.25, 0.3) is 10.9 Å². The van der Waals surface area contributed by atoms with Crippen LogP contribution >= 0.6 is 0 Å². The lowest BCUT2D eigenvalue weighted by atomic mass is 9.85. The molecule has 8 nitrogen and oxygen atoms in total. The predicted molar refractivity (Wildman–Crippen MR) is 132 cm³/mol. The number of benzene rings is 1. The van der Waals surface area contributed by atoms with Gasteiger partial charge in [0.15, 0.2) is 0 Å². The number of aryl methyl sites for hydroxylation is 1. The number of hydrogen-bond donors (Lipinski definition) is 1. The van der Waals surface area contributed by atoms with E-state index in [2.05, 4.69) is 10.8 Å². The molecule has 2 atom stereocenters.